The van der Waals surface area contributed by atoms with Crippen LogP contribution in [0.15, 0.2) is 122 Å². The number of nitrogen functional groups attached to an aromatic ring is 2. The smallest absolute Gasteiger partial charge is 0.283 e. The Morgan fingerprint density at radius 2 is 0.725 bits per heavy atom. The number of non-ortho nitro benzene ring substituents is 1. The third-order valence-corrected chi connectivity index (χ3v) is 21.7. The first-order valence-electron chi connectivity index (χ1n) is 28.4. The molecule has 438 valence electrons. The number of anilines is 2. The predicted molar refractivity (Wildman–Crippen MR) is 354 cm³/mol. The summed E-state index contributed by atoms with van der Waals surface area (Å²) in [6.45, 7) is 49.3. The second-order valence-electron chi connectivity index (χ2n) is 28.4. The van der Waals surface area contributed by atoms with Crippen molar-refractivity contribution in [3.05, 3.63) is 145 Å². The molecule has 5 aromatic rings. The lowest BCUT2D eigenvalue weighted by atomic mass is 9.77. The molecule has 0 saturated carbocycles. The molecular formula is C67H96N4O4S5. The van der Waals surface area contributed by atoms with Gasteiger partial charge >= 0.3 is 0 Å². The van der Waals surface area contributed by atoms with Crippen LogP contribution in [-0.4, -0.2) is 33.6 Å². The first-order valence-corrected chi connectivity index (χ1v) is 32.5. The van der Waals surface area contributed by atoms with Crippen LogP contribution in [0.5, 0.6) is 0 Å². The van der Waals surface area contributed by atoms with Crippen LogP contribution >= 0.6 is 58.8 Å². The van der Waals surface area contributed by atoms with E-state index >= 15 is 0 Å². The first kappa shape index (κ1) is 67.0. The zero-order valence-electron chi connectivity index (χ0n) is 52.5. The molecule has 0 saturated heterocycles. The van der Waals surface area contributed by atoms with Gasteiger partial charge in [0.2, 0.25) is 0 Å². The highest BCUT2D eigenvalue weighted by Crippen LogP contribution is 2.56. The Morgan fingerprint density at radius 1 is 0.375 bits per heavy atom. The van der Waals surface area contributed by atoms with Gasteiger partial charge < -0.3 is 11.5 Å². The van der Waals surface area contributed by atoms with Crippen LogP contribution in [-0.2, 0) is 27.1 Å². The van der Waals surface area contributed by atoms with Crippen LogP contribution in [0.3, 0.4) is 0 Å². The van der Waals surface area contributed by atoms with Crippen LogP contribution in [0.25, 0.3) is 0 Å². The Morgan fingerprint density at radius 3 is 1.19 bits per heavy atom. The molecule has 0 spiro atoms. The summed E-state index contributed by atoms with van der Waals surface area (Å²) in [4.78, 5) is 27.5. The lowest BCUT2D eigenvalue weighted by Crippen LogP contribution is -2.33. The van der Waals surface area contributed by atoms with Crippen molar-refractivity contribution in [1.82, 2.24) is 0 Å². The number of hydrogen-bond donors (Lipinski definition) is 2. The molecule has 0 aliphatic carbocycles. The Balaban J connectivity index is 0.000000183. The number of benzene rings is 5. The predicted octanol–water partition coefficient (Wildman–Crippen LogP) is 21.2. The molecule has 0 unspecified atom stereocenters. The van der Waals surface area contributed by atoms with Crippen molar-refractivity contribution in [3.8, 4) is 0 Å². The number of hydrogen-bond acceptors (Lipinski definition) is 11. The van der Waals surface area contributed by atoms with E-state index in [-0.39, 0.29) is 57.1 Å². The molecule has 0 bridgehead atoms. The number of thioether (sulfide) groups is 5. The summed E-state index contributed by atoms with van der Waals surface area (Å²) in [6.07, 6.45) is 5.70. The number of nitro groups is 2. The normalized spacial score (nSPS) is 21.2. The van der Waals surface area contributed by atoms with E-state index in [0.717, 1.165) is 40.2 Å². The quantitative estimate of drug-likeness (QED) is 0.0992. The molecule has 5 aromatic carbocycles. The highest BCUT2D eigenvalue weighted by Gasteiger charge is 2.43. The molecule has 0 atom stereocenters. The molecule has 4 N–H and O–H groups in total. The number of rotatable bonds is 2. The fourth-order valence-electron chi connectivity index (χ4n) is 13.5. The van der Waals surface area contributed by atoms with E-state index in [2.05, 4.69) is 187 Å². The van der Waals surface area contributed by atoms with E-state index in [4.69, 9.17) is 11.5 Å². The second kappa shape index (κ2) is 24.5. The van der Waals surface area contributed by atoms with Crippen molar-refractivity contribution in [2.75, 3.05) is 11.5 Å². The van der Waals surface area contributed by atoms with Gasteiger partial charge in [0.05, 0.1) is 14.7 Å². The molecule has 0 fully saturated rings. The Hall–Kier alpha value is -3.75. The summed E-state index contributed by atoms with van der Waals surface area (Å²) in [6, 6.07) is 32.0. The van der Waals surface area contributed by atoms with Crippen molar-refractivity contribution in [3.63, 3.8) is 0 Å². The molecule has 8 nitrogen and oxygen atoms in total. The van der Waals surface area contributed by atoms with E-state index in [1.54, 1.807) is 36.0 Å². The zero-order valence-corrected chi connectivity index (χ0v) is 56.6. The zero-order chi connectivity index (χ0) is 60.6. The van der Waals surface area contributed by atoms with Crippen LogP contribution in [0.4, 0.5) is 22.7 Å². The Kier molecular flexibility index (Phi) is 20.5. The molecule has 5 aliphatic heterocycles. The third kappa shape index (κ3) is 16.7. The number of nitrogens with two attached hydrogens (primary N) is 2. The van der Waals surface area contributed by atoms with Gasteiger partial charge in [0.15, 0.2) is 0 Å². The van der Waals surface area contributed by atoms with Crippen LogP contribution in [0.1, 0.15) is 212 Å². The van der Waals surface area contributed by atoms with Gasteiger partial charge in [-0.15, -0.1) is 58.8 Å². The van der Waals surface area contributed by atoms with E-state index in [1.165, 1.54) is 55.5 Å². The summed E-state index contributed by atoms with van der Waals surface area (Å²) < 4.78 is 1.21. The fourth-order valence-corrected chi connectivity index (χ4v) is 21.6. The topological polar surface area (TPSA) is 138 Å². The van der Waals surface area contributed by atoms with Gasteiger partial charge in [-0.05, 0) is 123 Å². The van der Waals surface area contributed by atoms with E-state index in [1.807, 2.05) is 85.2 Å². The van der Waals surface area contributed by atoms with Gasteiger partial charge in [-0.2, -0.15) is 0 Å². The second-order valence-corrected chi connectivity index (χ2v) is 37.1. The maximum Gasteiger partial charge on any atom is 0.283 e. The first-order chi connectivity index (χ1) is 36.5. The van der Waals surface area contributed by atoms with Crippen LogP contribution in [0.2, 0.25) is 0 Å². The molecular weight excluding hydrogens is 1090 g/mol. The van der Waals surface area contributed by atoms with Gasteiger partial charge in [0.1, 0.15) is 0 Å². The average molecular weight is 1180 g/mol. The largest absolute Gasteiger partial charge is 0.399 e. The van der Waals surface area contributed by atoms with E-state index < -0.39 is 0 Å². The van der Waals surface area contributed by atoms with Crippen molar-refractivity contribution >= 4 is 81.6 Å². The average Bonchev–Trinajstić information content (AvgIpc) is 3.28. The third-order valence-electron chi connectivity index (χ3n) is 15.2. The minimum Gasteiger partial charge on any atom is -0.399 e. The molecule has 80 heavy (non-hydrogen) atoms. The van der Waals surface area contributed by atoms with Crippen molar-refractivity contribution in [1.29, 1.82) is 0 Å². The SMILES string of the molecule is CC.CC1(C)CC(C)(C)c2cc(N)ccc2S1.CC1(C)CC(C)(C)c2cc([N+](=O)[O-])ccc2S1.CC1(C)CC(C)(C)c2cccc(N)c2S1.CC1(C)CC(C)(C)c2cccc([N+](=O)[O-])c2S1.CC1(C)CC(C)(C)c2ccccc2S1. The van der Waals surface area contributed by atoms with Crippen molar-refractivity contribution in [2.24, 2.45) is 0 Å². The minimum absolute atomic E-state index is 0.00387. The summed E-state index contributed by atoms with van der Waals surface area (Å²) in [7, 11) is 0. The maximum atomic E-state index is 11.1. The highest BCUT2D eigenvalue weighted by molar-refractivity contribution is 8.01. The van der Waals surface area contributed by atoms with Gasteiger partial charge in [-0.1, -0.05) is 195 Å². The number of nitrogens with zero attached hydrogens (tertiary/aromatic N) is 2. The van der Waals surface area contributed by atoms with E-state index in [0.29, 0.717) is 14.9 Å². The van der Waals surface area contributed by atoms with Crippen LogP contribution in [0, 0.1) is 20.2 Å². The summed E-state index contributed by atoms with van der Waals surface area (Å²) >= 11 is 9.35. The Labute approximate surface area is 504 Å². The maximum absolute atomic E-state index is 11.1. The summed E-state index contributed by atoms with van der Waals surface area (Å²) in [5.74, 6) is 0. The number of nitro benzene ring substituents is 2. The van der Waals surface area contributed by atoms with Gasteiger partial charge in [0.25, 0.3) is 11.4 Å². The molecule has 10 rings (SSSR count). The molecule has 0 amide bonds. The fraction of sp³-hybridized carbons (Fsp3) is 0.552. The Bertz CT molecular complexity index is 3020. The monoisotopic (exact) mass is 1180 g/mol. The van der Waals surface area contributed by atoms with Gasteiger partial charge in [-0.3, -0.25) is 20.2 Å². The molecule has 0 aromatic heterocycles. The standard InChI is InChI=1S/2C13H17NO2S.2C13H19NS.C13H18S.C2H6/c1-12(2)8-13(3,4)17-11-6-5-9(14(15)16)7-10(11)12;1-12(2)8-13(3,4)17-11-9(12)6-5-7-10(11)14(15)16;1-12(2)8-13(3,4)15-11-6-5-9(14)7-10(11)12;1-12(2)8-13(3,4)15-11-9(12)6-5-7-10(11)14;1-12(2)9-13(3,4)14-11-8-6-5-7-10(11)12;1-2/h2*5-7H,8H2,1-4H3;2*5-7H,8,14H2,1-4H3;5-8H,9H2,1-4H3;1-2H3. The van der Waals surface area contributed by atoms with Gasteiger partial charge in [-0.25, -0.2) is 0 Å². The molecule has 13 heteroatoms. The lowest BCUT2D eigenvalue weighted by Gasteiger charge is -2.42. The van der Waals surface area contributed by atoms with Crippen molar-refractivity contribution in [2.45, 2.75) is 260 Å². The minimum atomic E-state index is -0.319. The highest BCUT2D eigenvalue weighted by atomic mass is 32.2. The van der Waals surface area contributed by atoms with Gasteiger partial charge in [0, 0.05) is 72.9 Å². The number of fused-ring (bicyclic) bond motifs is 5. The van der Waals surface area contributed by atoms with Crippen molar-refractivity contribution < 1.29 is 9.85 Å². The van der Waals surface area contributed by atoms with Crippen LogP contribution < -0.4 is 11.5 Å². The molecule has 5 heterocycles. The summed E-state index contributed by atoms with van der Waals surface area (Å²) in [5, 5.41) is 21.9. The lowest BCUT2D eigenvalue weighted by molar-refractivity contribution is -0.387. The summed E-state index contributed by atoms with van der Waals surface area (Å²) in [5.41, 5.74) is 21.5. The molecule has 0 radical (unpaired) electrons. The molecule has 5 aliphatic rings. The van der Waals surface area contributed by atoms with E-state index in [9.17, 15) is 20.2 Å².